The first-order chi connectivity index (χ1) is 11.2. The predicted molar refractivity (Wildman–Crippen MR) is 85.5 cm³/mol. The van der Waals surface area contributed by atoms with E-state index in [1.165, 1.54) is 16.8 Å². The monoisotopic (exact) mass is 320 g/mol. The number of hydrogen-bond acceptors (Lipinski definition) is 3. The minimum absolute atomic E-state index is 0.266. The number of halogens is 2. The second-order valence-corrected chi connectivity index (χ2v) is 5.96. The van der Waals surface area contributed by atoms with Crippen LogP contribution in [0.2, 0.25) is 0 Å². The van der Waals surface area contributed by atoms with Gasteiger partial charge in [-0.15, -0.1) is 0 Å². The quantitative estimate of drug-likeness (QED) is 0.888. The maximum atomic E-state index is 13.9. The summed E-state index contributed by atoms with van der Waals surface area (Å²) in [6.45, 7) is 6.00. The van der Waals surface area contributed by atoms with E-state index in [0.29, 0.717) is 6.04 Å². The van der Waals surface area contributed by atoms with Gasteiger partial charge in [0.15, 0.2) is 5.82 Å². The Bertz CT molecular complexity index is 650. The van der Waals surface area contributed by atoms with Gasteiger partial charge in [0.05, 0.1) is 5.69 Å². The topological polar surface area (TPSA) is 33.1 Å². The van der Waals surface area contributed by atoms with E-state index in [1.54, 1.807) is 6.20 Å². The van der Waals surface area contributed by atoms with Crippen molar-refractivity contribution in [2.45, 2.75) is 32.4 Å². The summed E-state index contributed by atoms with van der Waals surface area (Å²) in [5, 5.41) is 7.85. The van der Waals surface area contributed by atoms with Crippen molar-refractivity contribution in [1.29, 1.82) is 0 Å². The summed E-state index contributed by atoms with van der Waals surface area (Å²) in [4.78, 5) is 2.42. The second kappa shape index (κ2) is 7.19. The van der Waals surface area contributed by atoms with E-state index in [-0.39, 0.29) is 5.69 Å². The minimum Gasteiger partial charge on any atom is -0.315 e. The summed E-state index contributed by atoms with van der Waals surface area (Å²) in [7, 11) is 0. The van der Waals surface area contributed by atoms with Crippen LogP contribution in [0.4, 0.5) is 8.78 Å². The lowest BCUT2D eigenvalue weighted by atomic mass is 10.2. The largest absolute Gasteiger partial charge is 0.315 e. The predicted octanol–water partition coefficient (Wildman–Crippen LogP) is 2.72. The van der Waals surface area contributed by atoms with Gasteiger partial charge in [-0.05, 0) is 44.1 Å². The van der Waals surface area contributed by atoms with Gasteiger partial charge in [0.25, 0.3) is 0 Å². The fourth-order valence-electron chi connectivity index (χ4n) is 3.08. The molecule has 3 rings (SSSR count). The molecule has 124 valence electrons. The Hall–Kier alpha value is -1.79. The SMILES string of the molecule is CCCN(Cc1ccn(-c2ccc(F)cc2F)n1)C1CCNC1. The third-order valence-corrected chi connectivity index (χ3v) is 4.23. The molecule has 0 saturated carbocycles. The molecule has 23 heavy (non-hydrogen) atoms. The van der Waals surface area contributed by atoms with Crippen LogP contribution in [-0.2, 0) is 6.54 Å². The van der Waals surface area contributed by atoms with Gasteiger partial charge in [-0.3, -0.25) is 4.90 Å². The molecule has 2 heterocycles. The van der Waals surface area contributed by atoms with E-state index in [9.17, 15) is 8.78 Å². The molecule has 0 bridgehead atoms. The zero-order valence-corrected chi connectivity index (χ0v) is 13.3. The van der Waals surface area contributed by atoms with E-state index >= 15 is 0 Å². The zero-order valence-electron chi connectivity index (χ0n) is 13.3. The summed E-state index contributed by atoms with van der Waals surface area (Å²) in [6.07, 6.45) is 3.96. The van der Waals surface area contributed by atoms with Gasteiger partial charge in [0.2, 0.25) is 0 Å². The van der Waals surface area contributed by atoms with Crippen molar-refractivity contribution in [3.8, 4) is 5.69 Å². The number of aromatic nitrogens is 2. The third-order valence-electron chi connectivity index (χ3n) is 4.23. The van der Waals surface area contributed by atoms with Crippen molar-refractivity contribution < 1.29 is 8.78 Å². The van der Waals surface area contributed by atoms with Gasteiger partial charge < -0.3 is 5.32 Å². The Morgan fingerprint density at radius 1 is 1.35 bits per heavy atom. The summed E-state index contributed by atoms with van der Waals surface area (Å²) in [5.74, 6) is -1.19. The molecule has 2 aromatic rings. The molecule has 1 aliphatic rings. The van der Waals surface area contributed by atoms with Gasteiger partial charge in [-0.1, -0.05) is 6.92 Å². The van der Waals surface area contributed by atoms with Crippen LogP contribution in [-0.4, -0.2) is 40.4 Å². The minimum atomic E-state index is -0.606. The van der Waals surface area contributed by atoms with E-state index in [0.717, 1.165) is 50.8 Å². The molecule has 0 aliphatic carbocycles. The highest BCUT2D eigenvalue weighted by molar-refractivity contribution is 5.33. The molecule has 1 N–H and O–H groups in total. The Balaban J connectivity index is 1.75. The van der Waals surface area contributed by atoms with Crippen LogP contribution in [0, 0.1) is 11.6 Å². The van der Waals surface area contributed by atoms with Gasteiger partial charge in [-0.25, -0.2) is 13.5 Å². The van der Waals surface area contributed by atoms with Crippen LogP contribution in [0.5, 0.6) is 0 Å². The van der Waals surface area contributed by atoms with Crippen molar-refractivity contribution in [3.05, 3.63) is 47.8 Å². The summed E-state index contributed by atoms with van der Waals surface area (Å²) in [5.41, 5.74) is 1.16. The lowest BCUT2D eigenvalue weighted by molar-refractivity contribution is 0.197. The highest BCUT2D eigenvalue weighted by Gasteiger charge is 2.22. The molecule has 1 saturated heterocycles. The van der Waals surface area contributed by atoms with Gasteiger partial charge in [0, 0.05) is 31.4 Å². The van der Waals surface area contributed by atoms with Crippen LogP contribution in [0.3, 0.4) is 0 Å². The Morgan fingerprint density at radius 2 is 2.22 bits per heavy atom. The maximum absolute atomic E-state index is 13.9. The first kappa shape index (κ1) is 16.1. The molecular formula is C17H22F2N4. The smallest absolute Gasteiger partial charge is 0.151 e. The average Bonchev–Trinajstić information content (AvgIpc) is 3.18. The van der Waals surface area contributed by atoms with Gasteiger partial charge in [0.1, 0.15) is 11.5 Å². The number of nitrogens with zero attached hydrogens (tertiary/aromatic N) is 3. The Labute approximate surface area is 135 Å². The Morgan fingerprint density at radius 3 is 2.91 bits per heavy atom. The van der Waals surface area contributed by atoms with Crippen molar-refractivity contribution in [2.75, 3.05) is 19.6 Å². The summed E-state index contributed by atoms with van der Waals surface area (Å²) in [6, 6.07) is 5.96. The van der Waals surface area contributed by atoms with E-state index in [1.807, 2.05) is 6.07 Å². The fourth-order valence-corrected chi connectivity index (χ4v) is 3.08. The number of hydrogen-bond donors (Lipinski definition) is 1. The van der Waals surface area contributed by atoms with Crippen molar-refractivity contribution >= 4 is 0 Å². The molecule has 1 aromatic carbocycles. The summed E-state index contributed by atoms with van der Waals surface area (Å²) < 4.78 is 28.3. The van der Waals surface area contributed by atoms with Crippen molar-refractivity contribution in [2.24, 2.45) is 0 Å². The molecule has 6 heteroatoms. The molecule has 0 radical (unpaired) electrons. The van der Waals surface area contributed by atoms with Gasteiger partial charge >= 0.3 is 0 Å². The molecule has 1 fully saturated rings. The normalized spacial score (nSPS) is 18.0. The first-order valence-corrected chi connectivity index (χ1v) is 8.12. The molecular weight excluding hydrogens is 298 g/mol. The number of nitrogens with one attached hydrogen (secondary N) is 1. The van der Waals surface area contributed by atoms with Crippen molar-refractivity contribution in [1.82, 2.24) is 20.0 Å². The van der Waals surface area contributed by atoms with Crippen LogP contribution in [0.1, 0.15) is 25.5 Å². The molecule has 4 nitrogen and oxygen atoms in total. The van der Waals surface area contributed by atoms with E-state index in [4.69, 9.17) is 0 Å². The standard InChI is InChI=1S/C17H22F2N4/c1-2-8-22(15-5-7-20-11-15)12-14-6-9-23(21-14)17-4-3-13(18)10-16(17)19/h3-4,6,9-10,15,20H,2,5,7-8,11-12H2,1H3. The fraction of sp³-hybridized carbons (Fsp3) is 0.471. The lowest BCUT2D eigenvalue weighted by Gasteiger charge is -2.27. The van der Waals surface area contributed by atoms with E-state index in [2.05, 4.69) is 22.2 Å². The lowest BCUT2D eigenvalue weighted by Crippen LogP contribution is -2.37. The van der Waals surface area contributed by atoms with E-state index < -0.39 is 11.6 Å². The maximum Gasteiger partial charge on any atom is 0.151 e. The molecule has 1 aliphatic heterocycles. The second-order valence-electron chi connectivity index (χ2n) is 5.96. The zero-order chi connectivity index (χ0) is 16.2. The number of benzene rings is 1. The average molecular weight is 320 g/mol. The highest BCUT2D eigenvalue weighted by Crippen LogP contribution is 2.17. The first-order valence-electron chi connectivity index (χ1n) is 8.12. The number of rotatable bonds is 6. The third kappa shape index (κ3) is 3.76. The molecule has 1 aromatic heterocycles. The Kier molecular flexibility index (Phi) is 5.03. The molecule has 0 spiro atoms. The van der Waals surface area contributed by atoms with Crippen molar-refractivity contribution in [3.63, 3.8) is 0 Å². The molecule has 1 atom stereocenters. The van der Waals surface area contributed by atoms with Gasteiger partial charge in [-0.2, -0.15) is 5.10 Å². The van der Waals surface area contributed by atoms with Crippen LogP contribution >= 0.6 is 0 Å². The summed E-state index contributed by atoms with van der Waals surface area (Å²) >= 11 is 0. The molecule has 1 unspecified atom stereocenters. The highest BCUT2D eigenvalue weighted by atomic mass is 19.1. The van der Waals surface area contributed by atoms with Crippen LogP contribution < -0.4 is 5.32 Å². The van der Waals surface area contributed by atoms with Crippen LogP contribution in [0.25, 0.3) is 5.69 Å². The van der Waals surface area contributed by atoms with Crippen LogP contribution in [0.15, 0.2) is 30.5 Å². The molecule has 0 amide bonds.